The molecule has 4 heteroatoms. The molecule has 0 bridgehead atoms. The monoisotopic (exact) mass is 840 g/mol. The van der Waals surface area contributed by atoms with E-state index in [9.17, 15) is 0 Å². The fourth-order valence-corrected chi connectivity index (χ4v) is 14.3. The van der Waals surface area contributed by atoms with Gasteiger partial charge in [0.25, 0.3) is 6.71 Å². The summed E-state index contributed by atoms with van der Waals surface area (Å²) in [5, 5.41) is 4.97. The van der Waals surface area contributed by atoms with E-state index in [0.717, 1.165) is 11.4 Å². The van der Waals surface area contributed by atoms with Crippen molar-refractivity contribution in [2.75, 3.05) is 9.80 Å². The Morgan fingerprint density at radius 2 is 0.750 bits per heavy atom. The molecule has 0 unspecified atom stereocenters. The fraction of sp³-hybridized carbons (Fsp3) is 0.0667. The first-order chi connectivity index (χ1) is 31.6. The van der Waals surface area contributed by atoms with Gasteiger partial charge in [-0.25, -0.2) is 0 Å². The van der Waals surface area contributed by atoms with Crippen LogP contribution in [0.5, 0.6) is 0 Å². The molecule has 0 N–H and O–H groups in total. The maximum atomic E-state index is 2.61. The summed E-state index contributed by atoms with van der Waals surface area (Å²) in [6.45, 7) is 8.40. The van der Waals surface area contributed by atoms with Gasteiger partial charge in [0.1, 0.15) is 0 Å². The summed E-state index contributed by atoms with van der Waals surface area (Å²) < 4.78 is 0. The molecule has 2 heterocycles. The Labute approximate surface area is 379 Å². The molecule has 0 aliphatic carbocycles. The van der Waals surface area contributed by atoms with Crippen molar-refractivity contribution in [1.29, 1.82) is 0 Å². The van der Waals surface area contributed by atoms with Crippen molar-refractivity contribution < 1.29 is 0 Å². The first-order valence-corrected chi connectivity index (χ1v) is 24.2. The minimum absolute atomic E-state index is 0.0232. The van der Waals surface area contributed by atoms with E-state index in [0.29, 0.717) is 0 Å². The molecule has 2 nitrogen and oxygen atoms in total. The molecule has 0 amide bonds. The molecular formula is C60H49BN2S. The summed E-state index contributed by atoms with van der Waals surface area (Å²) in [7, 11) is -2.09. The zero-order valence-corrected chi connectivity index (χ0v) is 37.6. The van der Waals surface area contributed by atoms with Crippen molar-refractivity contribution in [3.63, 3.8) is 0 Å². The molecule has 0 atom stereocenters. The molecule has 0 spiro atoms. The maximum absolute atomic E-state index is 2.61. The molecule has 0 aromatic heterocycles. The molecule has 10 aromatic carbocycles. The van der Waals surface area contributed by atoms with Gasteiger partial charge >= 0.3 is 0 Å². The number of rotatable bonds is 6. The second kappa shape index (κ2) is 16.1. The number of hydrogen-bond acceptors (Lipinski definition) is 2. The fourth-order valence-electron chi connectivity index (χ4n) is 10.4. The van der Waals surface area contributed by atoms with Crippen LogP contribution in [0.15, 0.2) is 244 Å². The van der Waals surface area contributed by atoms with Crippen molar-refractivity contribution in [2.45, 2.75) is 47.3 Å². The zero-order valence-electron chi connectivity index (χ0n) is 36.7. The average molecular weight is 841 g/mol. The summed E-state index contributed by atoms with van der Waals surface area (Å²) in [5.74, 6) is 0. The van der Waals surface area contributed by atoms with Crippen molar-refractivity contribution in [1.82, 2.24) is 0 Å². The van der Waals surface area contributed by atoms with E-state index in [2.05, 4.69) is 248 Å². The smallest absolute Gasteiger partial charge is 0.252 e. The van der Waals surface area contributed by atoms with Gasteiger partial charge in [-0.1, -0.05) is 166 Å². The lowest BCUT2D eigenvalue weighted by Crippen LogP contribution is -2.61. The molecule has 64 heavy (non-hydrogen) atoms. The van der Waals surface area contributed by atoms with Crippen LogP contribution in [-0.4, -0.2) is 6.71 Å². The number of hydrogen-bond donors (Lipinski definition) is 0. The van der Waals surface area contributed by atoms with Crippen LogP contribution in [0.3, 0.4) is 0 Å². The number of aryl methyl sites for hydroxylation is 2. The second-order valence-corrected chi connectivity index (χ2v) is 19.8. The predicted molar refractivity (Wildman–Crippen MR) is 276 cm³/mol. The SMILES string of the molecule is CC.Cc1cccc(N2c3cc(S(c4ccccc4)(c4ccccc4)c4ccccc4)cc4c3B(c3ccc5ccccc5c32)c2ccc3ccccc3c2N4c2cccc(C)c2)c1. The van der Waals surface area contributed by atoms with Gasteiger partial charge in [0.2, 0.25) is 0 Å². The van der Waals surface area contributed by atoms with Crippen LogP contribution in [0.1, 0.15) is 25.0 Å². The molecular weight excluding hydrogens is 792 g/mol. The highest BCUT2D eigenvalue weighted by molar-refractivity contribution is 8.34. The van der Waals surface area contributed by atoms with Crippen LogP contribution in [0.2, 0.25) is 0 Å². The third kappa shape index (κ3) is 6.12. The van der Waals surface area contributed by atoms with Gasteiger partial charge in [-0.05, 0) is 125 Å². The Balaban J connectivity index is 0.00000225. The van der Waals surface area contributed by atoms with Gasteiger partial charge in [0.05, 0.1) is 0 Å². The number of benzene rings is 10. The minimum Gasteiger partial charge on any atom is -0.311 e. The standard InChI is InChI=1S/C58H43BN2S.C2H6/c1-40-18-16-22-44(36-40)60-54-38-49(62(46-24-6-3-7-25-46,47-26-8-4-9-27-47)48-28-10-5-11-29-48)39-55-56(54)59(52-34-32-42-20-12-14-30-50(42)57(52)60)53-35-33-43-21-13-15-31-51(43)58(53)61(55)45-23-17-19-41(2)37-45;1-2/h3-39H,1-2H3;1-2H3. The zero-order chi connectivity index (χ0) is 43.4. The first-order valence-electron chi connectivity index (χ1n) is 22.5. The molecule has 0 saturated heterocycles. The Morgan fingerprint density at radius 3 is 1.16 bits per heavy atom. The van der Waals surface area contributed by atoms with Crippen LogP contribution in [0.4, 0.5) is 34.1 Å². The molecule has 2 aliphatic rings. The van der Waals surface area contributed by atoms with Gasteiger partial charge in [-0.15, -0.1) is 10.0 Å². The lowest BCUT2D eigenvalue weighted by molar-refractivity contribution is 1.20. The van der Waals surface area contributed by atoms with Crippen LogP contribution >= 0.6 is 10.0 Å². The van der Waals surface area contributed by atoms with Gasteiger partial charge < -0.3 is 9.80 Å². The molecule has 12 rings (SSSR count). The molecule has 0 saturated carbocycles. The maximum Gasteiger partial charge on any atom is 0.252 e. The average Bonchev–Trinajstić information content (AvgIpc) is 3.35. The highest BCUT2D eigenvalue weighted by Gasteiger charge is 2.46. The van der Waals surface area contributed by atoms with Crippen LogP contribution < -0.4 is 26.2 Å². The van der Waals surface area contributed by atoms with Gasteiger partial charge in [-0.3, -0.25) is 0 Å². The molecule has 0 radical (unpaired) electrons. The van der Waals surface area contributed by atoms with E-state index in [1.54, 1.807) is 0 Å². The van der Waals surface area contributed by atoms with E-state index in [1.165, 1.54) is 91.4 Å². The highest BCUT2D eigenvalue weighted by Crippen LogP contribution is 2.74. The summed E-state index contributed by atoms with van der Waals surface area (Å²) in [6, 6.07) is 84.6. The molecule has 2 aliphatic heterocycles. The van der Waals surface area contributed by atoms with E-state index in [4.69, 9.17) is 0 Å². The number of anilines is 6. The second-order valence-electron chi connectivity index (χ2n) is 16.7. The van der Waals surface area contributed by atoms with Crippen molar-refractivity contribution >= 4 is 88.8 Å². The normalized spacial score (nSPS) is 12.8. The minimum atomic E-state index is -2.09. The Kier molecular flexibility index (Phi) is 9.98. The van der Waals surface area contributed by atoms with Crippen molar-refractivity contribution in [3.8, 4) is 0 Å². The Hall–Kier alpha value is -7.27. The van der Waals surface area contributed by atoms with Crippen molar-refractivity contribution in [3.05, 3.63) is 236 Å². The van der Waals surface area contributed by atoms with Gasteiger partial charge in [0, 0.05) is 64.5 Å². The van der Waals surface area contributed by atoms with Gasteiger partial charge in [-0.2, -0.15) is 0 Å². The summed E-state index contributed by atoms with van der Waals surface area (Å²) in [6.07, 6.45) is 0. The van der Waals surface area contributed by atoms with E-state index < -0.39 is 10.0 Å². The molecule has 0 fully saturated rings. The lowest BCUT2D eigenvalue weighted by Gasteiger charge is -2.48. The topological polar surface area (TPSA) is 6.48 Å². The van der Waals surface area contributed by atoms with Crippen LogP contribution in [0.25, 0.3) is 21.5 Å². The quantitative estimate of drug-likeness (QED) is 0.154. The highest BCUT2D eigenvalue weighted by atomic mass is 32.3. The van der Waals surface area contributed by atoms with E-state index in [1.807, 2.05) is 13.8 Å². The third-order valence-corrected chi connectivity index (χ3v) is 16.9. The largest absolute Gasteiger partial charge is 0.311 e. The molecule has 10 aromatic rings. The predicted octanol–water partition coefficient (Wildman–Crippen LogP) is 15.1. The number of nitrogens with zero attached hydrogens (tertiary/aromatic N) is 2. The lowest BCUT2D eigenvalue weighted by atomic mass is 9.33. The molecule has 308 valence electrons. The summed E-state index contributed by atoms with van der Waals surface area (Å²) in [5.41, 5.74) is 13.7. The van der Waals surface area contributed by atoms with Gasteiger partial charge in [0.15, 0.2) is 0 Å². The van der Waals surface area contributed by atoms with Crippen LogP contribution in [0, 0.1) is 13.8 Å². The first kappa shape index (κ1) is 39.6. The summed E-state index contributed by atoms with van der Waals surface area (Å²) in [4.78, 5) is 10.4. The van der Waals surface area contributed by atoms with E-state index >= 15 is 0 Å². The van der Waals surface area contributed by atoms with E-state index in [-0.39, 0.29) is 6.71 Å². The number of fused-ring (bicyclic) bond motifs is 8. The third-order valence-electron chi connectivity index (χ3n) is 13.0. The van der Waals surface area contributed by atoms with Crippen molar-refractivity contribution in [2.24, 2.45) is 0 Å². The summed E-state index contributed by atoms with van der Waals surface area (Å²) >= 11 is 0. The van der Waals surface area contributed by atoms with Crippen LogP contribution in [-0.2, 0) is 0 Å². The Morgan fingerprint density at radius 1 is 0.359 bits per heavy atom. The Bertz CT molecular complexity index is 3090.